The molecule has 1 aromatic heterocycles. The summed E-state index contributed by atoms with van der Waals surface area (Å²) in [5, 5.41) is 3.41. The van der Waals surface area contributed by atoms with Crippen LogP contribution >= 0.6 is 0 Å². The first-order valence-corrected chi connectivity index (χ1v) is 5.13. The molecule has 14 heavy (non-hydrogen) atoms. The minimum atomic E-state index is 0.530. The van der Waals surface area contributed by atoms with E-state index in [1.54, 1.807) is 6.20 Å². The molecule has 1 aromatic rings. The van der Waals surface area contributed by atoms with Gasteiger partial charge in [-0.15, -0.1) is 0 Å². The van der Waals surface area contributed by atoms with Gasteiger partial charge in [0.2, 0.25) is 0 Å². The quantitative estimate of drug-likeness (QED) is 0.788. The van der Waals surface area contributed by atoms with E-state index < -0.39 is 0 Å². The second-order valence-corrected chi connectivity index (χ2v) is 3.75. The molecule has 76 valence electrons. The number of aromatic nitrogens is 1. The Morgan fingerprint density at radius 1 is 1.64 bits per heavy atom. The zero-order valence-electron chi connectivity index (χ0n) is 8.49. The molecule has 3 nitrogen and oxygen atoms in total. The molecular formula is C11H16N2O. The lowest BCUT2D eigenvalue weighted by Crippen LogP contribution is -2.28. The molecule has 0 spiro atoms. The van der Waals surface area contributed by atoms with Crippen molar-refractivity contribution in [3.8, 4) is 5.75 Å². The van der Waals surface area contributed by atoms with Crippen LogP contribution in [0.25, 0.3) is 0 Å². The topological polar surface area (TPSA) is 34.1 Å². The fourth-order valence-corrected chi connectivity index (χ4v) is 1.71. The molecule has 1 unspecified atom stereocenters. The van der Waals surface area contributed by atoms with Crippen LogP contribution in [0.15, 0.2) is 18.5 Å². The van der Waals surface area contributed by atoms with E-state index in [4.69, 9.17) is 4.74 Å². The second-order valence-electron chi connectivity index (χ2n) is 3.75. The number of hydrogen-bond acceptors (Lipinski definition) is 3. The number of aryl methyl sites for hydroxylation is 1. The van der Waals surface area contributed by atoms with Crippen molar-refractivity contribution < 1.29 is 4.74 Å². The number of ether oxygens (including phenoxy) is 1. The van der Waals surface area contributed by atoms with E-state index in [0.29, 0.717) is 6.04 Å². The Kier molecular flexibility index (Phi) is 2.99. The molecule has 1 atom stereocenters. The molecule has 0 bridgehead atoms. The Labute approximate surface area is 84.5 Å². The predicted octanol–water partition coefficient (Wildman–Crippen LogP) is 1.52. The van der Waals surface area contributed by atoms with Gasteiger partial charge in [0, 0.05) is 24.0 Å². The summed E-state index contributed by atoms with van der Waals surface area (Å²) in [6.07, 6.45) is 6.09. The summed E-state index contributed by atoms with van der Waals surface area (Å²) in [5.74, 6) is 0.953. The van der Waals surface area contributed by atoms with E-state index in [-0.39, 0.29) is 0 Å². The van der Waals surface area contributed by atoms with Gasteiger partial charge >= 0.3 is 0 Å². The first kappa shape index (κ1) is 9.46. The third kappa shape index (κ3) is 2.23. The van der Waals surface area contributed by atoms with Gasteiger partial charge in [0.15, 0.2) is 0 Å². The molecule has 2 heterocycles. The maximum absolute atomic E-state index is 5.72. The highest BCUT2D eigenvalue weighted by molar-refractivity contribution is 5.28. The number of rotatable bonds is 3. The summed E-state index contributed by atoms with van der Waals surface area (Å²) < 4.78 is 5.72. The molecule has 3 heteroatoms. The smallest absolute Gasteiger partial charge is 0.125 e. The van der Waals surface area contributed by atoms with Crippen molar-refractivity contribution in [3.63, 3.8) is 0 Å². The number of nitrogens with one attached hydrogen (secondary N) is 1. The van der Waals surface area contributed by atoms with Gasteiger partial charge in [-0.05, 0) is 32.4 Å². The van der Waals surface area contributed by atoms with Gasteiger partial charge in [-0.1, -0.05) is 0 Å². The molecule has 0 aromatic carbocycles. The largest absolute Gasteiger partial charge is 0.492 e. The molecule has 0 radical (unpaired) electrons. The average Bonchev–Trinajstić information content (AvgIpc) is 2.69. The van der Waals surface area contributed by atoms with Crippen molar-refractivity contribution in [3.05, 3.63) is 24.0 Å². The lowest BCUT2D eigenvalue weighted by Gasteiger charge is -2.13. The van der Waals surface area contributed by atoms with Gasteiger partial charge in [0.1, 0.15) is 12.4 Å². The van der Waals surface area contributed by atoms with Crippen molar-refractivity contribution in [2.75, 3.05) is 13.2 Å². The maximum Gasteiger partial charge on any atom is 0.125 e. The fourth-order valence-electron chi connectivity index (χ4n) is 1.71. The summed E-state index contributed by atoms with van der Waals surface area (Å²) >= 11 is 0. The van der Waals surface area contributed by atoms with Gasteiger partial charge in [-0.3, -0.25) is 4.98 Å². The van der Waals surface area contributed by atoms with Crippen LogP contribution in [0.5, 0.6) is 5.75 Å². The summed E-state index contributed by atoms with van der Waals surface area (Å²) in [6.45, 7) is 3.92. The highest BCUT2D eigenvalue weighted by Crippen LogP contribution is 2.16. The van der Waals surface area contributed by atoms with Crippen LogP contribution in [0.1, 0.15) is 18.4 Å². The van der Waals surface area contributed by atoms with E-state index in [2.05, 4.69) is 10.3 Å². The molecule has 0 saturated carbocycles. The van der Waals surface area contributed by atoms with Crippen molar-refractivity contribution in [1.82, 2.24) is 10.3 Å². The van der Waals surface area contributed by atoms with Crippen LogP contribution in [-0.2, 0) is 0 Å². The molecule has 0 aliphatic carbocycles. The summed E-state index contributed by atoms with van der Waals surface area (Å²) in [6, 6.07) is 2.45. The third-order valence-corrected chi connectivity index (χ3v) is 2.57. The third-order valence-electron chi connectivity index (χ3n) is 2.57. The first-order chi connectivity index (χ1) is 6.86. The number of pyridine rings is 1. The summed E-state index contributed by atoms with van der Waals surface area (Å²) in [5.41, 5.74) is 1.10. The molecule has 0 amide bonds. The van der Waals surface area contributed by atoms with E-state index in [1.165, 1.54) is 12.8 Å². The van der Waals surface area contributed by atoms with Crippen LogP contribution in [0.3, 0.4) is 0 Å². The Morgan fingerprint density at radius 2 is 2.57 bits per heavy atom. The Hall–Kier alpha value is -1.09. The minimum absolute atomic E-state index is 0.530. The van der Waals surface area contributed by atoms with Gasteiger partial charge < -0.3 is 10.1 Å². The van der Waals surface area contributed by atoms with E-state index in [1.807, 2.05) is 19.2 Å². The molecule has 1 saturated heterocycles. The van der Waals surface area contributed by atoms with Crippen LogP contribution in [-0.4, -0.2) is 24.2 Å². The number of hydrogen-bond donors (Lipinski definition) is 1. The molecule has 1 aliphatic heterocycles. The summed E-state index contributed by atoms with van der Waals surface area (Å²) in [7, 11) is 0. The zero-order chi connectivity index (χ0) is 9.80. The Bertz CT molecular complexity index is 295. The highest BCUT2D eigenvalue weighted by Gasteiger charge is 2.14. The lowest BCUT2D eigenvalue weighted by atomic mass is 10.2. The molecule has 1 N–H and O–H groups in total. The summed E-state index contributed by atoms with van der Waals surface area (Å²) in [4.78, 5) is 4.03. The van der Waals surface area contributed by atoms with E-state index in [0.717, 1.165) is 24.5 Å². The maximum atomic E-state index is 5.72. The molecular weight excluding hydrogens is 176 g/mol. The van der Waals surface area contributed by atoms with Gasteiger partial charge in [0.05, 0.1) is 0 Å². The minimum Gasteiger partial charge on any atom is -0.492 e. The highest BCUT2D eigenvalue weighted by atomic mass is 16.5. The number of nitrogens with zero attached hydrogens (tertiary/aromatic N) is 1. The monoisotopic (exact) mass is 192 g/mol. The Balaban J connectivity index is 1.88. The van der Waals surface area contributed by atoms with Crippen LogP contribution in [0.2, 0.25) is 0 Å². The zero-order valence-corrected chi connectivity index (χ0v) is 8.49. The molecule has 1 fully saturated rings. The van der Waals surface area contributed by atoms with Crippen LogP contribution < -0.4 is 10.1 Å². The molecule has 2 rings (SSSR count). The lowest BCUT2D eigenvalue weighted by molar-refractivity contribution is 0.275. The average molecular weight is 192 g/mol. The van der Waals surface area contributed by atoms with Crippen molar-refractivity contribution in [2.24, 2.45) is 0 Å². The van der Waals surface area contributed by atoms with Crippen molar-refractivity contribution in [1.29, 1.82) is 0 Å². The van der Waals surface area contributed by atoms with Crippen LogP contribution in [0, 0.1) is 6.92 Å². The van der Waals surface area contributed by atoms with Gasteiger partial charge in [0.25, 0.3) is 0 Å². The standard InChI is InChI=1S/C11H16N2O/c1-9-7-12-6-4-11(9)14-8-10-3-2-5-13-10/h4,6-7,10,13H,2-3,5,8H2,1H3. The normalized spacial score (nSPS) is 21.1. The van der Waals surface area contributed by atoms with Crippen molar-refractivity contribution in [2.45, 2.75) is 25.8 Å². The van der Waals surface area contributed by atoms with Crippen molar-refractivity contribution >= 4 is 0 Å². The fraction of sp³-hybridized carbons (Fsp3) is 0.545. The second kappa shape index (κ2) is 4.42. The Morgan fingerprint density at radius 3 is 3.29 bits per heavy atom. The van der Waals surface area contributed by atoms with Gasteiger partial charge in [-0.2, -0.15) is 0 Å². The first-order valence-electron chi connectivity index (χ1n) is 5.13. The van der Waals surface area contributed by atoms with Gasteiger partial charge in [-0.25, -0.2) is 0 Å². The SMILES string of the molecule is Cc1cnccc1OCC1CCCN1. The molecule has 1 aliphatic rings. The van der Waals surface area contributed by atoms with Crippen LogP contribution in [0.4, 0.5) is 0 Å². The van der Waals surface area contributed by atoms with E-state index in [9.17, 15) is 0 Å². The van der Waals surface area contributed by atoms with E-state index >= 15 is 0 Å². The predicted molar refractivity (Wildman–Crippen MR) is 55.5 cm³/mol.